The largest absolute Gasteiger partial charge is 0.472 e. The van der Waals surface area contributed by atoms with Crippen LogP contribution in [0.5, 0.6) is 0 Å². The fourth-order valence-corrected chi connectivity index (χ4v) is 2.03. The molecule has 0 amide bonds. The van der Waals surface area contributed by atoms with Gasteiger partial charge in [-0.05, 0) is 22.0 Å². The van der Waals surface area contributed by atoms with E-state index in [0.717, 1.165) is 15.7 Å². The van der Waals surface area contributed by atoms with Crippen molar-refractivity contribution in [3.8, 4) is 11.3 Å². The van der Waals surface area contributed by atoms with Gasteiger partial charge < -0.3 is 4.42 Å². The highest BCUT2D eigenvalue weighted by Crippen LogP contribution is 2.25. The van der Waals surface area contributed by atoms with Gasteiger partial charge in [-0.25, -0.2) is 9.50 Å². The van der Waals surface area contributed by atoms with Gasteiger partial charge in [0, 0.05) is 11.6 Å². The molecule has 18 heavy (non-hydrogen) atoms. The van der Waals surface area contributed by atoms with Gasteiger partial charge in [0.1, 0.15) is 5.15 Å². The molecule has 4 nitrogen and oxygen atoms in total. The highest BCUT2D eigenvalue weighted by atomic mass is 79.9. The second-order valence-electron chi connectivity index (χ2n) is 3.20. The van der Waals surface area contributed by atoms with E-state index in [4.69, 9.17) is 16.0 Å². The fraction of sp³-hybridized carbons (Fsp3) is 0.167. The quantitative estimate of drug-likeness (QED) is 0.621. The molecule has 3 aromatic rings. The van der Waals surface area contributed by atoms with Crippen LogP contribution in [0.3, 0.4) is 0 Å². The molecular weight excluding hydrogens is 318 g/mol. The Hall–Kier alpha value is -1.33. The molecule has 94 valence electrons. The molecule has 0 bridgehead atoms. The van der Waals surface area contributed by atoms with E-state index in [1.54, 1.807) is 29.3 Å². The molecule has 0 aliphatic carbocycles. The summed E-state index contributed by atoms with van der Waals surface area (Å²) in [5.74, 6) is 0. The van der Waals surface area contributed by atoms with Crippen molar-refractivity contribution in [2.45, 2.75) is 13.8 Å². The first kappa shape index (κ1) is 13.1. The molecule has 0 unspecified atom stereocenters. The van der Waals surface area contributed by atoms with Gasteiger partial charge in [-0.3, -0.25) is 0 Å². The van der Waals surface area contributed by atoms with E-state index in [1.165, 1.54) is 0 Å². The molecule has 0 saturated heterocycles. The molecule has 3 heterocycles. The van der Waals surface area contributed by atoms with E-state index in [9.17, 15) is 0 Å². The van der Waals surface area contributed by atoms with Crippen molar-refractivity contribution >= 4 is 33.2 Å². The number of hydrogen-bond acceptors (Lipinski definition) is 3. The normalized spacial score (nSPS) is 10.2. The Labute approximate surface area is 118 Å². The molecule has 3 aromatic heterocycles. The molecule has 0 aliphatic heterocycles. The second kappa shape index (κ2) is 5.54. The van der Waals surface area contributed by atoms with Gasteiger partial charge in [0.25, 0.3) is 0 Å². The summed E-state index contributed by atoms with van der Waals surface area (Å²) < 4.78 is 7.39. The maximum absolute atomic E-state index is 6.10. The zero-order chi connectivity index (χ0) is 13.1. The lowest BCUT2D eigenvalue weighted by molar-refractivity contribution is 0.568. The Balaban J connectivity index is 0.000000574. The molecule has 0 N–H and O–H groups in total. The monoisotopic (exact) mass is 327 g/mol. The van der Waals surface area contributed by atoms with Crippen LogP contribution in [-0.4, -0.2) is 14.6 Å². The van der Waals surface area contributed by atoms with Crippen LogP contribution < -0.4 is 0 Å². The van der Waals surface area contributed by atoms with Crippen molar-refractivity contribution in [3.63, 3.8) is 0 Å². The molecule has 0 atom stereocenters. The summed E-state index contributed by atoms with van der Waals surface area (Å²) >= 11 is 9.47. The third-order valence-corrected chi connectivity index (χ3v) is 3.03. The van der Waals surface area contributed by atoms with Gasteiger partial charge in [0.05, 0.1) is 28.9 Å². The molecule has 6 heteroatoms. The van der Waals surface area contributed by atoms with Gasteiger partial charge >= 0.3 is 0 Å². The van der Waals surface area contributed by atoms with Crippen molar-refractivity contribution in [2.24, 2.45) is 0 Å². The minimum absolute atomic E-state index is 0.506. The lowest BCUT2D eigenvalue weighted by Gasteiger charge is -2.00. The third kappa shape index (κ3) is 2.28. The molecule has 0 radical (unpaired) electrons. The van der Waals surface area contributed by atoms with E-state index in [0.29, 0.717) is 10.8 Å². The highest BCUT2D eigenvalue weighted by molar-refractivity contribution is 9.10. The van der Waals surface area contributed by atoms with Crippen molar-refractivity contribution in [3.05, 3.63) is 40.5 Å². The van der Waals surface area contributed by atoms with Crippen LogP contribution >= 0.6 is 27.5 Å². The molecule has 0 spiro atoms. The molecular formula is C12H11BrClN3O. The number of furan rings is 1. The Morgan fingerprint density at radius 2 is 2.17 bits per heavy atom. The Morgan fingerprint density at radius 1 is 1.39 bits per heavy atom. The highest BCUT2D eigenvalue weighted by Gasteiger charge is 2.10. The number of hydrogen-bond donors (Lipinski definition) is 0. The molecule has 3 rings (SSSR count). The minimum Gasteiger partial charge on any atom is -0.472 e. The topological polar surface area (TPSA) is 43.3 Å². The van der Waals surface area contributed by atoms with Gasteiger partial charge in [-0.1, -0.05) is 25.4 Å². The molecule has 0 aromatic carbocycles. The van der Waals surface area contributed by atoms with E-state index in [-0.39, 0.29) is 0 Å². The van der Waals surface area contributed by atoms with E-state index in [2.05, 4.69) is 26.0 Å². The van der Waals surface area contributed by atoms with Crippen LogP contribution in [0.25, 0.3) is 16.9 Å². The predicted octanol–water partition coefficient (Wildman–Crippen LogP) is 4.43. The first-order chi connectivity index (χ1) is 8.75. The van der Waals surface area contributed by atoms with Crippen LogP contribution in [0.4, 0.5) is 0 Å². The number of fused-ring (bicyclic) bond motifs is 1. The van der Waals surface area contributed by atoms with Crippen LogP contribution in [0.2, 0.25) is 5.15 Å². The standard InChI is InChI=1S/C10H5BrClN3O.C2H6/c11-7-4-13-15-9(12)3-8(14-10(7)15)6-1-2-16-5-6;1-2/h1-5H;1-2H3. The summed E-state index contributed by atoms with van der Waals surface area (Å²) in [5.41, 5.74) is 2.33. The van der Waals surface area contributed by atoms with E-state index < -0.39 is 0 Å². The summed E-state index contributed by atoms with van der Waals surface area (Å²) in [6.45, 7) is 4.00. The Bertz CT molecular complexity index is 649. The van der Waals surface area contributed by atoms with E-state index in [1.807, 2.05) is 19.9 Å². The van der Waals surface area contributed by atoms with Crippen molar-refractivity contribution in [1.29, 1.82) is 0 Å². The lowest BCUT2D eigenvalue weighted by atomic mass is 10.2. The lowest BCUT2D eigenvalue weighted by Crippen LogP contribution is -1.93. The maximum atomic E-state index is 6.10. The zero-order valence-corrected chi connectivity index (χ0v) is 12.2. The van der Waals surface area contributed by atoms with Crippen molar-refractivity contribution in [1.82, 2.24) is 14.6 Å². The number of halogens is 2. The van der Waals surface area contributed by atoms with Gasteiger partial charge in [-0.2, -0.15) is 5.10 Å². The maximum Gasteiger partial charge on any atom is 0.171 e. The number of rotatable bonds is 1. The zero-order valence-electron chi connectivity index (χ0n) is 9.89. The predicted molar refractivity (Wildman–Crippen MR) is 74.7 cm³/mol. The van der Waals surface area contributed by atoms with Gasteiger partial charge in [0.15, 0.2) is 5.65 Å². The summed E-state index contributed by atoms with van der Waals surface area (Å²) in [4.78, 5) is 4.45. The van der Waals surface area contributed by atoms with Crippen LogP contribution in [0, 0.1) is 0 Å². The third-order valence-electron chi connectivity index (χ3n) is 2.20. The van der Waals surface area contributed by atoms with Crippen LogP contribution in [0.1, 0.15) is 13.8 Å². The summed E-state index contributed by atoms with van der Waals surface area (Å²) in [6.07, 6.45) is 4.88. The Morgan fingerprint density at radius 3 is 2.83 bits per heavy atom. The van der Waals surface area contributed by atoms with Crippen LogP contribution in [-0.2, 0) is 0 Å². The Kier molecular flexibility index (Phi) is 4.04. The SMILES string of the molecule is CC.Clc1cc(-c2ccoc2)nc2c(Br)cnn12. The minimum atomic E-state index is 0.506. The summed E-state index contributed by atoms with van der Waals surface area (Å²) in [6, 6.07) is 3.58. The average molecular weight is 329 g/mol. The van der Waals surface area contributed by atoms with Gasteiger partial charge in [0.2, 0.25) is 0 Å². The molecule has 0 saturated carbocycles. The summed E-state index contributed by atoms with van der Waals surface area (Å²) in [7, 11) is 0. The summed E-state index contributed by atoms with van der Waals surface area (Å²) in [5, 5.41) is 4.60. The fourth-order valence-electron chi connectivity index (χ4n) is 1.46. The van der Waals surface area contributed by atoms with Crippen LogP contribution in [0.15, 0.2) is 39.7 Å². The van der Waals surface area contributed by atoms with Crippen molar-refractivity contribution < 1.29 is 4.42 Å². The first-order valence-electron chi connectivity index (χ1n) is 5.48. The number of nitrogens with zero attached hydrogens (tertiary/aromatic N) is 3. The number of aromatic nitrogens is 3. The van der Waals surface area contributed by atoms with E-state index >= 15 is 0 Å². The average Bonchev–Trinajstić information content (AvgIpc) is 3.02. The van der Waals surface area contributed by atoms with Crippen molar-refractivity contribution in [2.75, 3.05) is 0 Å². The first-order valence-corrected chi connectivity index (χ1v) is 6.65. The second-order valence-corrected chi connectivity index (χ2v) is 4.45. The molecule has 0 fully saturated rings. The molecule has 0 aliphatic rings. The smallest absolute Gasteiger partial charge is 0.171 e. The van der Waals surface area contributed by atoms with Gasteiger partial charge in [-0.15, -0.1) is 0 Å².